The van der Waals surface area contributed by atoms with Gasteiger partial charge >= 0.3 is 0 Å². The van der Waals surface area contributed by atoms with E-state index in [1.54, 1.807) is 7.05 Å². The van der Waals surface area contributed by atoms with Gasteiger partial charge in [-0.15, -0.1) is 0 Å². The minimum Gasteiger partial charge on any atom is -0.361 e. The van der Waals surface area contributed by atoms with Crippen molar-refractivity contribution in [2.24, 2.45) is 4.99 Å². The molecule has 7 heteroatoms. The molecule has 0 radical (unpaired) electrons. The molecule has 0 saturated heterocycles. The lowest BCUT2D eigenvalue weighted by Gasteiger charge is -2.13. The van der Waals surface area contributed by atoms with Crippen molar-refractivity contribution in [1.82, 2.24) is 15.8 Å². The van der Waals surface area contributed by atoms with E-state index in [4.69, 9.17) is 4.52 Å². The van der Waals surface area contributed by atoms with Crippen molar-refractivity contribution >= 4 is 17.6 Å². The summed E-state index contributed by atoms with van der Waals surface area (Å²) in [6.07, 6.45) is 1.65. The van der Waals surface area contributed by atoms with E-state index in [1.807, 2.05) is 24.3 Å². The standard InChI is InChI=1S/C19H27N5O2/c1-5-17-16(18(6-2)26-24-17)12-22-19(20-4)21-11-14-8-7-9-15(10-14)23-13(3)25/h7-10H,5-6,11-12H2,1-4H3,(H,23,25)(H2,20,21,22). The van der Waals surface area contributed by atoms with Crippen LogP contribution < -0.4 is 16.0 Å². The van der Waals surface area contributed by atoms with Crippen LogP contribution in [-0.4, -0.2) is 24.1 Å². The predicted octanol–water partition coefficient (Wildman–Crippen LogP) is 2.62. The van der Waals surface area contributed by atoms with Crippen LogP contribution in [0.5, 0.6) is 0 Å². The Hall–Kier alpha value is -2.83. The van der Waals surface area contributed by atoms with Gasteiger partial charge < -0.3 is 20.5 Å². The quantitative estimate of drug-likeness (QED) is 0.523. The first-order valence-corrected chi connectivity index (χ1v) is 8.84. The molecule has 0 fully saturated rings. The largest absolute Gasteiger partial charge is 0.361 e. The monoisotopic (exact) mass is 357 g/mol. The molecule has 140 valence electrons. The number of nitrogens with zero attached hydrogens (tertiary/aromatic N) is 2. The number of aryl methyl sites for hydroxylation is 2. The van der Waals surface area contributed by atoms with Crippen molar-refractivity contribution < 1.29 is 9.32 Å². The molecule has 3 N–H and O–H groups in total. The van der Waals surface area contributed by atoms with E-state index in [0.717, 1.165) is 41.1 Å². The number of aromatic nitrogens is 1. The molecule has 2 rings (SSSR count). The first-order chi connectivity index (χ1) is 12.6. The van der Waals surface area contributed by atoms with E-state index in [9.17, 15) is 4.79 Å². The van der Waals surface area contributed by atoms with Crippen LogP contribution in [0.2, 0.25) is 0 Å². The van der Waals surface area contributed by atoms with Crippen molar-refractivity contribution in [3.05, 3.63) is 46.8 Å². The Labute approximate surface area is 154 Å². The second-order valence-electron chi connectivity index (χ2n) is 5.90. The first-order valence-electron chi connectivity index (χ1n) is 8.84. The van der Waals surface area contributed by atoms with E-state index in [2.05, 4.69) is 39.9 Å². The van der Waals surface area contributed by atoms with Crippen LogP contribution in [0.15, 0.2) is 33.8 Å². The molecule has 0 aliphatic heterocycles. The first kappa shape index (κ1) is 19.5. The Balaban J connectivity index is 1.94. The third kappa shape index (κ3) is 5.34. The minimum absolute atomic E-state index is 0.0836. The highest BCUT2D eigenvalue weighted by Gasteiger charge is 2.13. The fraction of sp³-hybridized carbons (Fsp3) is 0.421. The van der Waals surface area contributed by atoms with Gasteiger partial charge in [-0.3, -0.25) is 9.79 Å². The number of guanidine groups is 1. The van der Waals surface area contributed by atoms with Gasteiger partial charge in [0.15, 0.2) is 5.96 Å². The Morgan fingerprint density at radius 1 is 1.19 bits per heavy atom. The molecule has 1 aromatic heterocycles. The average Bonchev–Trinajstić information content (AvgIpc) is 3.03. The number of benzene rings is 1. The zero-order chi connectivity index (χ0) is 18.9. The maximum Gasteiger partial charge on any atom is 0.221 e. The second-order valence-corrected chi connectivity index (χ2v) is 5.90. The smallest absolute Gasteiger partial charge is 0.221 e. The zero-order valence-corrected chi connectivity index (χ0v) is 15.8. The molecule has 0 atom stereocenters. The van der Waals surface area contributed by atoms with Crippen LogP contribution in [0.4, 0.5) is 5.69 Å². The molecule has 0 bridgehead atoms. The Morgan fingerprint density at radius 3 is 2.62 bits per heavy atom. The molecule has 26 heavy (non-hydrogen) atoms. The maximum atomic E-state index is 11.2. The molecule has 0 spiro atoms. The Morgan fingerprint density at radius 2 is 1.96 bits per heavy atom. The lowest BCUT2D eigenvalue weighted by atomic mass is 10.1. The van der Waals surface area contributed by atoms with Crippen LogP contribution in [0.25, 0.3) is 0 Å². The summed E-state index contributed by atoms with van der Waals surface area (Å²) in [5, 5.41) is 13.5. The third-order valence-electron chi connectivity index (χ3n) is 3.97. The normalized spacial score (nSPS) is 11.3. The van der Waals surface area contributed by atoms with E-state index < -0.39 is 0 Å². The zero-order valence-electron chi connectivity index (χ0n) is 15.8. The lowest BCUT2D eigenvalue weighted by Crippen LogP contribution is -2.36. The number of carbonyl (C=O) groups is 1. The molecular weight excluding hydrogens is 330 g/mol. The fourth-order valence-electron chi connectivity index (χ4n) is 2.68. The van der Waals surface area contributed by atoms with Crippen molar-refractivity contribution in [3.8, 4) is 0 Å². The van der Waals surface area contributed by atoms with Gasteiger partial charge in [-0.25, -0.2) is 0 Å². The third-order valence-corrected chi connectivity index (χ3v) is 3.97. The van der Waals surface area contributed by atoms with Crippen LogP contribution >= 0.6 is 0 Å². The number of anilines is 1. The van der Waals surface area contributed by atoms with Crippen molar-refractivity contribution in [2.45, 2.75) is 46.7 Å². The van der Waals surface area contributed by atoms with Crippen LogP contribution in [0.3, 0.4) is 0 Å². The number of hydrogen-bond acceptors (Lipinski definition) is 4. The van der Waals surface area contributed by atoms with Gasteiger partial charge in [0, 0.05) is 44.7 Å². The topological polar surface area (TPSA) is 91.6 Å². The number of carbonyl (C=O) groups excluding carboxylic acids is 1. The van der Waals surface area contributed by atoms with Crippen LogP contribution in [0.1, 0.15) is 43.4 Å². The number of amides is 1. The van der Waals surface area contributed by atoms with E-state index in [0.29, 0.717) is 19.0 Å². The molecule has 1 amide bonds. The van der Waals surface area contributed by atoms with Gasteiger partial charge in [-0.2, -0.15) is 0 Å². The van der Waals surface area contributed by atoms with Crippen molar-refractivity contribution in [2.75, 3.05) is 12.4 Å². The van der Waals surface area contributed by atoms with E-state index in [1.165, 1.54) is 6.92 Å². The lowest BCUT2D eigenvalue weighted by molar-refractivity contribution is -0.114. The van der Waals surface area contributed by atoms with Gasteiger partial charge in [-0.05, 0) is 24.1 Å². The van der Waals surface area contributed by atoms with Gasteiger partial charge in [0.2, 0.25) is 5.91 Å². The summed E-state index contributed by atoms with van der Waals surface area (Å²) in [5.74, 6) is 1.52. The molecule has 0 aliphatic carbocycles. The Bertz CT molecular complexity index is 746. The van der Waals surface area contributed by atoms with Crippen molar-refractivity contribution in [1.29, 1.82) is 0 Å². The summed E-state index contributed by atoms with van der Waals surface area (Å²) in [4.78, 5) is 15.4. The average molecular weight is 357 g/mol. The summed E-state index contributed by atoms with van der Waals surface area (Å²) in [5.41, 5.74) is 3.91. The molecule has 2 aromatic rings. The van der Waals surface area contributed by atoms with E-state index >= 15 is 0 Å². The predicted molar refractivity (Wildman–Crippen MR) is 103 cm³/mol. The highest BCUT2D eigenvalue weighted by Crippen LogP contribution is 2.15. The van der Waals surface area contributed by atoms with Gasteiger partial charge in [0.1, 0.15) is 5.76 Å². The minimum atomic E-state index is -0.0836. The number of nitrogens with one attached hydrogen (secondary N) is 3. The molecule has 0 unspecified atom stereocenters. The summed E-state index contributed by atoms with van der Waals surface area (Å²) in [7, 11) is 1.73. The van der Waals surface area contributed by atoms with E-state index in [-0.39, 0.29) is 5.91 Å². The summed E-state index contributed by atoms with van der Waals surface area (Å²) in [6.45, 7) is 6.82. The van der Waals surface area contributed by atoms with Gasteiger partial charge in [-0.1, -0.05) is 31.1 Å². The summed E-state index contributed by atoms with van der Waals surface area (Å²) < 4.78 is 5.39. The molecule has 7 nitrogen and oxygen atoms in total. The highest BCUT2D eigenvalue weighted by atomic mass is 16.5. The van der Waals surface area contributed by atoms with Crippen LogP contribution in [0, 0.1) is 0 Å². The Kier molecular flexibility index (Phi) is 7.20. The van der Waals surface area contributed by atoms with Crippen LogP contribution in [-0.2, 0) is 30.7 Å². The van der Waals surface area contributed by atoms with Gasteiger partial charge in [0.05, 0.1) is 5.69 Å². The number of rotatable bonds is 7. The number of hydrogen-bond donors (Lipinski definition) is 3. The molecule has 0 aliphatic rings. The fourth-order valence-corrected chi connectivity index (χ4v) is 2.68. The SMILES string of the molecule is CCc1noc(CC)c1CNC(=NC)NCc1cccc(NC(C)=O)c1. The highest BCUT2D eigenvalue weighted by molar-refractivity contribution is 5.88. The molecule has 1 heterocycles. The molecule has 1 aromatic carbocycles. The molecular formula is C19H27N5O2. The number of aliphatic imine (C=N–C) groups is 1. The van der Waals surface area contributed by atoms with Gasteiger partial charge in [0.25, 0.3) is 0 Å². The maximum absolute atomic E-state index is 11.2. The second kappa shape index (κ2) is 9.60. The van der Waals surface area contributed by atoms with Crippen molar-refractivity contribution in [3.63, 3.8) is 0 Å². The summed E-state index contributed by atoms with van der Waals surface area (Å²) in [6, 6.07) is 7.71. The summed E-state index contributed by atoms with van der Waals surface area (Å²) >= 11 is 0. The molecule has 0 saturated carbocycles.